The summed E-state index contributed by atoms with van der Waals surface area (Å²) in [5, 5.41) is 4.02. The van der Waals surface area contributed by atoms with Crippen molar-refractivity contribution in [2.75, 3.05) is 18.4 Å². The lowest BCUT2D eigenvalue weighted by atomic mass is 9.95. The molecule has 0 spiro atoms. The number of nitrogens with one attached hydrogen (secondary N) is 1. The summed E-state index contributed by atoms with van der Waals surface area (Å²) in [6, 6.07) is 17.0. The average molecular weight is 438 g/mol. The van der Waals surface area contributed by atoms with Gasteiger partial charge in [-0.15, -0.1) is 0 Å². The average Bonchev–Trinajstić information content (AvgIpc) is 2.74. The van der Waals surface area contributed by atoms with Crippen LogP contribution < -0.4 is 5.32 Å². The third kappa shape index (κ3) is 3.92. The van der Waals surface area contributed by atoms with Gasteiger partial charge in [-0.3, -0.25) is 14.6 Å². The second-order valence-corrected chi connectivity index (χ2v) is 7.86. The van der Waals surface area contributed by atoms with Crippen LogP contribution in [-0.2, 0) is 4.79 Å². The first-order chi connectivity index (χ1) is 13.6. The molecule has 1 fully saturated rings. The van der Waals surface area contributed by atoms with Gasteiger partial charge in [-0.25, -0.2) is 0 Å². The summed E-state index contributed by atoms with van der Waals surface area (Å²) < 4.78 is 0.947. The summed E-state index contributed by atoms with van der Waals surface area (Å²) >= 11 is 3.38. The third-order valence-corrected chi connectivity index (χ3v) is 5.66. The number of aromatic nitrogens is 1. The summed E-state index contributed by atoms with van der Waals surface area (Å²) in [5.41, 5.74) is 2.20. The van der Waals surface area contributed by atoms with Crippen LogP contribution in [-0.4, -0.2) is 34.8 Å². The molecule has 0 saturated carbocycles. The van der Waals surface area contributed by atoms with Crippen LogP contribution in [0.15, 0.2) is 65.3 Å². The molecule has 5 nitrogen and oxygen atoms in total. The SMILES string of the molecule is O=C(Nc1cccc2cccnc12)C1CCN(C(=O)c2ccc(Br)cc2)CC1. The number of nitrogens with zero attached hydrogens (tertiary/aromatic N) is 2. The van der Waals surface area contributed by atoms with Crippen molar-refractivity contribution >= 4 is 44.3 Å². The summed E-state index contributed by atoms with van der Waals surface area (Å²) in [6.07, 6.45) is 3.04. The Morgan fingerprint density at radius 3 is 2.46 bits per heavy atom. The van der Waals surface area contributed by atoms with E-state index in [4.69, 9.17) is 0 Å². The molecule has 2 aromatic carbocycles. The number of benzene rings is 2. The third-order valence-electron chi connectivity index (χ3n) is 5.13. The van der Waals surface area contributed by atoms with Crippen LogP contribution in [0.25, 0.3) is 10.9 Å². The molecule has 28 heavy (non-hydrogen) atoms. The van der Waals surface area contributed by atoms with Gasteiger partial charge in [-0.05, 0) is 49.2 Å². The molecule has 0 aliphatic carbocycles. The molecule has 1 saturated heterocycles. The predicted octanol–water partition coefficient (Wildman–Crippen LogP) is 4.49. The van der Waals surface area contributed by atoms with Gasteiger partial charge >= 0.3 is 0 Å². The van der Waals surface area contributed by atoms with Gasteiger partial charge in [0.1, 0.15) is 0 Å². The lowest BCUT2D eigenvalue weighted by molar-refractivity contribution is -0.121. The van der Waals surface area contributed by atoms with Gasteiger partial charge in [0.15, 0.2) is 0 Å². The number of hydrogen-bond acceptors (Lipinski definition) is 3. The maximum absolute atomic E-state index is 12.7. The van der Waals surface area contributed by atoms with Crippen molar-refractivity contribution in [3.8, 4) is 0 Å². The number of carbonyl (C=O) groups excluding carboxylic acids is 2. The van der Waals surface area contributed by atoms with Crippen molar-refractivity contribution in [2.45, 2.75) is 12.8 Å². The van der Waals surface area contributed by atoms with Gasteiger partial charge in [0.2, 0.25) is 5.91 Å². The molecule has 0 bridgehead atoms. The summed E-state index contributed by atoms with van der Waals surface area (Å²) in [4.78, 5) is 31.6. The van der Waals surface area contributed by atoms with Gasteiger partial charge in [0.25, 0.3) is 5.91 Å². The predicted molar refractivity (Wildman–Crippen MR) is 113 cm³/mol. The van der Waals surface area contributed by atoms with Crippen LogP contribution in [0.4, 0.5) is 5.69 Å². The van der Waals surface area contributed by atoms with Crippen LogP contribution in [0.1, 0.15) is 23.2 Å². The Morgan fingerprint density at radius 2 is 1.71 bits per heavy atom. The van der Waals surface area contributed by atoms with E-state index in [-0.39, 0.29) is 17.7 Å². The minimum atomic E-state index is -0.104. The molecule has 142 valence electrons. The standard InChI is InChI=1S/C22H20BrN3O2/c23-18-8-6-17(7-9-18)22(28)26-13-10-16(11-14-26)21(27)25-19-5-1-3-15-4-2-12-24-20(15)19/h1-9,12,16H,10-11,13-14H2,(H,25,27). The number of hydrogen-bond donors (Lipinski definition) is 1. The summed E-state index contributed by atoms with van der Waals surface area (Å²) in [7, 11) is 0. The molecule has 0 unspecified atom stereocenters. The Bertz CT molecular complexity index is 1010. The lowest BCUT2D eigenvalue weighted by Crippen LogP contribution is -2.41. The minimum Gasteiger partial charge on any atom is -0.339 e. The van der Waals surface area contributed by atoms with E-state index in [2.05, 4.69) is 26.2 Å². The molecule has 6 heteroatoms. The number of fused-ring (bicyclic) bond motifs is 1. The van der Waals surface area contributed by atoms with Gasteiger partial charge in [0, 0.05) is 40.6 Å². The molecule has 2 heterocycles. The number of carbonyl (C=O) groups is 2. The quantitative estimate of drug-likeness (QED) is 0.656. The van der Waals surface area contributed by atoms with Crippen molar-refractivity contribution in [1.82, 2.24) is 9.88 Å². The van der Waals surface area contributed by atoms with E-state index in [1.54, 1.807) is 6.20 Å². The van der Waals surface area contributed by atoms with E-state index >= 15 is 0 Å². The molecule has 1 N–H and O–H groups in total. The highest BCUT2D eigenvalue weighted by molar-refractivity contribution is 9.10. The lowest BCUT2D eigenvalue weighted by Gasteiger charge is -2.31. The molecule has 1 aliphatic heterocycles. The zero-order chi connectivity index (χ0) is 19.5. The van der Waals surface area contributed by atoms with Crippen LogP contribution in [0.2, 0.25) is 0 Å². The Hall–Kier alpha value is -2.73. The highest BCUT2D eigenvalue weighted by Gasteiger charge is 2.28. The number of piperidine rings is 1. The fourth-order valence-electron chi connectivity index (χ4n) is 3.56. The van der Waals surface area contributed by atoms with E-state index in [1.807, 2.05) is 59.5 Å². The zero-order valence-electron chi connectivity index (χ0n) is 15.3. The molecule has 1 aliphatic rings. The Labute approximate surface area is 171 Å². The molecule has 2 amide bonds. The monoisotopic (exact) mass is 437 g/mol. The van der Waals surface area contributed by atoms with Gasteiger partial charge in [-0.1, -0.05) is 34.1 Å². The van der Waals surface area contributed by atoms with E-state index in [9.17, 15) is 9.59 Å². The molecular weight excluding hydrogens is 418 g/mol. The summed E-state index contributed by atoms with van der Waals surface area (Å²) in [5.74, 6) is -0.0913. The molecule has 0 atom stereocenters. The van der Waals surface area contributed by atoms with Crippen molar-refractivity contribution in [3.05, 3.63) is 70.8 Å². The number of rotatable bonds is 3. The highest BCUT2D eigenvalue weighted by atomic mass is 79.9. The number of anilines is 1. The maximum Gasteiger partial charge on any atom is 0.253 e. The van der Waals surface area contributed by atoms with Gasteiger partial charge in [-0.2, -0.15) is 0 Å². The highest BCUT2D eigenvalue weighted by Crippen LogP contribution is 2.24. The Kier molecular flexibility index (Phi) is 5.39. The minimum absolute atomic E-state index is 0.00565. The summed E-state index contributed by atoms with van der Waals surface area (Å²) in [6.45, 7) is 1.17. The van der Waals surface area contributed by atoms with Crippen molar-refractivity contribution in [1.29, 1.82) is 0 Å². The maximum atomic E-state index is 12.7. The van der Waals surface area contributed by atoms with E-state index in [1.165, 1.54) is 0 Å². The fourth-order valence-corrected chi connectivity index (χ4v) is 3.82. The van der Waals surface area contributed by atoms with Crippen LogP contribution >= 0.6 is 15.9 Å². The largest absolute Gasteiger partial charge is 0.339 e. The van der Waals surface area contributed by atoms with Gasteiger partial charge < -0.3 is 10.2 Å². The van der Waals surface area contributed by atoms with Crippen LogP contribution in [0.3, 0.4) is 0 Å². The van der Waals surface area contributed by atoms with E-state index < -0.39 is 0 Å². The van der Waals surface area contributed by atoms with E-state index in [0.29, 0.717) is 31.5 Å². The molecule has 4 rings (SSSR count). The first-order valence-electron chi connectivity index (χ1n) is 9.31. The Balaban J connectivity index is 1.38. The zero-order valence-corrected chi connectivity index (χ0v) is 16.9. The van der Waals surface area contributed by atoms with Crippen molar-refractivity contribution in [3.63, 3.8) is 0 Å². The number of amides is 2. The molecule has 0 radical (unpaired) electrons. The van der Waals surface area contributed by atoms with Crippen molar-refractivity contribution < 1.29 is 9.59 Å². The second kappa shape index (κ2) is 8.10. The molecular formula is C22H20BrN3O2. The molecule has 1 aromatic heterocycles. The topological polar surface area (TPSA) is 62.3 Å². The first kappa shape index (κ1) is 18.6. The second-order valence-electron chi connectivity index (χ2n) is 6.94. The molecule has 3 aromatic rings. The number of halogens is 1. The number of pyridine rings is 1. The van der Waals surface area contributed by atoms with Crippen molar-refractivity contribution in [2.24, 2.45) is 5.92 Å². The smallest absolute Gasteiger partial charge is 0.253 e. The number of likely N-dealkylation sites (tertiary alicyclic amines) is 1. The van der Waals surface area contributed by atoms with E-state index in [0.717, 1.165) is 21.1 Å². The first-order valence-corrected chi connectivity index (χ1v) is 10.1. The Morgan fingerprint density at radius 1 is 1.00 bits per heavy atom. The van der Waals surface area contributed by atoms with Crippen LogP contribution in [0.5, 0.6) is 0 Å². The van der Waals surface area contributed by atoms with Crippen LogP contribution in [0, 0.1) is 5.92 Å². The number of para-hydroxylation sites is 1. The van der Waals surface area contributed by atoms with Gasteiger partial charge in [0.05, 0.1) is 11.2 Å². The fraction of sp³-hybridized carbons (Fsp3) is 0.227. The normalized spacial score (nSPS) is 14.8.